The summed E-state index contributed by atoms with van der Waals surface area (Å²) in [6.07, 6.45) is -1.48. The number of rotatable bonds is 8. The Balaban J connectivity index is 1.75. The lowest BCUT2D eigenvalue weighted by atomic mass is 9.82. The Hall–Kier alpha value is -4.75. The van der Waals surface area contributed by atoms with Gasteiger partial charge in [-0.3, -0.25) is 18.7 Å². The van der Waals surface area contributed by atoms with E-state index in [9.17, 15) is 44.3 Å². The number of nitrogens with zero attached hydrogens (tertiary/aromatic N) is 3. The molecule has 3 aromatic carbocycles. The molecule has 1 heterocycles. The van der Waals surface area contributed by atoms with Crippen molar-refractivity contribution < 1.29 is 49.0 Å². The summed E-state index contributed by atoms with van der Waals surface area (Å²) in [4.78, 5) is 32.6. The highest BCUT2D eigenvalue weighted by Crippen LogP contribution is 2.42. The molecule has 19 heteroatoms. The Bertz CT molecular complexity index is 2220. The van der Waals surface area contributed by atoms with Gasteiger partial charge >= 0.3 is 6.08 Å². The number of aromatic nitrogens is 2. The number of nitrogen functional groups attached to an aromatic ring is 1. The first kappa shape index (κ1) is 32.6. The minimum Gasteiger partial charge on any atom is -0.496 e. The van der Waals surface area contributed by atoms with E-state index >= 15 is 0 Å². The SMILES string of the molecule is COc1ccc(Nc2cc(S(=O)(=O)O)c(N)c3c2C(=O)c2ccccc2C3=O)c(S(=O)(=O)O)c1CN(C)c1nc(F)nc(F)c1Cl. The van der Waals surface area contributed by atoms with Gasteiger partial charge in [-0.2, -0.15) is 35.6 Å². The molecular formula is C27H20ClF2N5O9S2. The number of benzene rings is 3. The third kappa shape index (κ3) is 5.60. The lowest BCUT2D eigenvalue weighted by Crippen LogP contribution is -2.25. The number of methoxy groups -OCH3 is 1. The van der Waals surface area contributed by atoms with Gasteiger partial charge in [0.25, 0.3) is 20.2 Å². The predicted octanol–water partition coefficient (Wildman–Crippen LogP) is 3.65. The number of nitrogens with two attached hydrogens (primary N) is 1. The van der Waals surface area contributed by atoms with Gasteiger partial charge in [0, 0.05) is 30.3 Å². The van der Waals surface area contributed by atoms with Crippen molar-refractivity contribution in [1.82, 2.24) is 9.97 Å². The standard InChI is InChI=1S/C27H20ClF2N5O9S2/c1-35(26-20(28)25(29)33-27(30)34-26)10-13-16(44-2)8-7-14(24(13)46(41,42)43)32-15-9-17(45(38,39)40)21(31)19-18(15)22(36)11-5-3-4-6-12(11)23(19)37/h3-9,32H,10,31H2,1-2H3,(H,38,39,40)(H,41,42,43). The number of ether oxygens (including phenoxy) is 1. The van der Waals surface area contributed by atoms with Crippen molar-refractivity contribution in [1.29, 1.82) is 0 Å². The van der Waals surface area contributed by atoms with Crippen LogP contribution in [0.15, 0.2) is 52.3 Å². The maximum atomic E-state index is 14.1. The predicted molar refractivity (Wildman–Crippen MR) is 159 cm³/mol. The lowest BCUT2D eigenvalue weighted by molar-refractivity contribution is 0.0980. The Labute approximate surface area is 264 Å². The summed E-state index contributed by atoms with van der Waals surface area (Å²) in [5.74, 6) is -3.72. The lowest BCUT2D eigenvalue weighted by Gasteiger charge is -2.25. The second-order valence-electron chi connectivity index (χ2n) is 9.77. The van der Waals surface area contributed by atoms with Crippen molar-refractivity contribution >= 4 is 66.3 Å². The summed E-state index contributed by atoms with van der Waals surface area (Å²) >= 11 is 5.90. The van der Waals surface area contributed by atoms with Gasteiger partial charge in [-0.25, -0.2) is 0 Å². The molecule has 0 radical (unpaired) electrons. The fourth-order valence-corrected chi connectivity index (χ4v) is 6.79. The maximum absolute atomic E-state index is 14.1. The van der Waals surface area contributed by atoms with Gasteiger partial charge in [-0.05, 0) is 18.2 Å². The second-order valence-corrected chi connectivity index (χ2v) is 12.9. The molecule has 1 aromatic heterocycles. The molecule has 0 atom stereocenters. The first-order chi connectivity index (χ1) is 21.4. The molecule has 4 aromatic rings. The summed E-state index contributed by atoms with van der Waals surface area (Å²) in [7, 11) is -7.97. The summed E-state index contributed by atoms with van der Waals surface area (Å²) in [6.45, 7) is -0.579. The van der Waals surface area contributed by atoms with Gasteiger partial charge < -0.3 is 20.7 Å². The van der Waals surface area contributed by atoms with Crippen molar-refractivity contribution in [2.75, 3.05) is 30.1 Å². The maximum Gasteiger partial charge on any atom is 0.313 e. The van der Waals surface area contributed by atoms with Crippen LogP contribution in [0.25, 0.3) is 0 Å². The molecule has 240 valence electrons. The Morgan fingerprint density at radius 1 is 0.957 bits per heavy atom. The van der Waals surface area contributed by atoms with Crippen LogP contribution in [-0.2, 0) is 26.8 Å². The third-order valence-electron chi connectivity index (χ3n) is 6.97. The summed E-state index contributed by atoms with van der Waals surface area (Å²) in [5.41, 5.74) is 2.77. The number of ketones is 2. The molecule has 0 spiro atoms. The smallest absolute Gasteiger partial charge is 0.313 e. The molecule has 5 N–H and O–H groups in total. The largest absolute Gasteiger partial charge is 0.496 e. The summed E-state index contributed by atoms with van der Waals surface area (Å²) in [5, 5.41) is 1.87. The van der Waals surface area contributed by atoms with Crippen LogP contribution in [0.3, 0.4) is 0 Å². The van der Waals surface area contributed by atoms with Crippen LogP contribution in [0.1, 0.15) is 37.4 Å². The molecule has 1 aliphatic carbocycles. The van der Waals surface area contributed by atoms with Crippen LogP contribution in [0.5, 0.6) is 5.75 Å². The van der Waals surface area contributed by atoms with Crippen molar-refractivity contribution in [2.24, 2.45) is 0 Å². The Kier molecular flexibility index (Phi) is 8.20. The van der Waals surface area contributed by atoms with Crippen molar-refractivity contribution in [3.8, 4) is 5.75 Å². The van der Waals surface area contributed by atoms with E-state index in [4.69, 9.17) is 22.1 Å². The molecule has 0 unspecified atom stereocenters. The molecule has 46 heavy (non-hydrogen) atoms. The van der Waals surface area contributed by atoms with Crippen molar-refractivity contribution in [2.45, 2.75) is 16.3 Å². The zero-order valence-corrected chi connectivity index (χ0v) is 25.8. The fraction of sp³-hybridized carbons (Fsp3) is 0.111. The van der Waals surface area contributed by atoms with Crippen LogP contribution in [0.2, 0.25) is 5.02 Å². The number of nitrogens with one attached hydrogen (secondary N) is 1. The van der Waals surface area contributed by atoms with E-state index in [0.717, 1.165) is 24.1 Å². The van der Waals surface area contributed by atoms with E-state index in [0.29, 0.717) is 0 Å². The molecule has 0 saturated heterocycles. The first-order valence-electron chi connectivity index (χ1n) is 12.6. The molecule has 14 nitrogen and oxygen atoms in total. The van der Waals surface area contributed by atoms with Crippen LogP contribution in [0, 0.1) is 12.0 Å². The molecule has 0 saturated carbocycles. The van der Waals surface area contributed by atoms with Gasteiger partial charge in [0.2, 0.25) is 5.95 Å². The molecular weight excluding hydrogens is 676 g/mol. The first-order valence-corrected chi connectivity index (χ1v) is 15.9. The normalized spacial score (nSPS) is 12.8. The molecule has 0 amide bonds. The van der Waals surface area contributed by atoms with Gasteiger partial charge in [0.15, 0.2) is 17.4 Å². The summed E-state index contributed by atoms with van der Waals surface area (Å²) in [6, 6.07) is 8.61. The number of hydrogen-bond donors (Lipinski definition) is 4. The second kappa shape index (κ2) is 11.6. The number of hydrogen-bond acceptors (Lipinski definition) is 12. The number of carbonyl (C=O) groups excluding carboxylic acids is 2. The number of fused-ring (bicyclic) bond motifs is 2. The van der Waals surface area contributed by atoms with Crippen LogP contribution >= 0.6 is 11.6 Å². The van der Waals surface area contributed by atoms with E-state index < -0.39 is 99.2 Å². The molecule has 0 bridgehead atoms. The van der Waals surface area contributed by atoms with Crippen molar-refractivity contribution in [3.63, 3.8) is 0 Å². The van der Waals surface area contributed by atoms with Gasteiger partial charge in [0.05, 0.1) is 35.3 Å². The highest BCUT2D eigenvalue weighted by atomic mass is 35.5. The monoisotopic (exact) mass is 695 g/mol. The minimum absolute atomic E-state index is 0.0738. The zero-order chi connectivity index (χ0) is 33.9. The fourth-order valence-electron chi connectivity index (χ4n) is 5.04. The molecule has 5 rings (SSSR count). The Morgan fingerprint density at radius 2 is 1.57 bits per heavy atom. The summed E-state index contributed by atoms with van der Waals surface area (Å²) < 4.78 is 104. The average Bonchev–Trinajstić information content (AvgIpc) is 2.97. The van der Waals surface area contributed by atoms with Crippen LogP contribution in [-0.4, -0.2) is 61.6 Å². The van der Waals surface area contributed by atoms with Gasteiger partial charge in [-0.1, -0.05) is 35.9 Å². The van der Waals surface area contributed by atoms with Gasteiger partial charge in [-0.15, -0.1) is 0 Å². The van der Waals surface area contributed by atoms with Crippen LogP contribution < -0.4 is 20.7 Å². The van der Waals surface area contributed by atoms with Crippen molar-refractivity contribution in [3.05, 3.63) is 87.3 Å². The van der Waals surface area contributed by atoms with Gasteiger partial charge in [0.1, 0.15) is 20.6 Å². The van der Waals surface area contributed by atoms with E-state index in [1.807, 2.05) is 0 Å². The van der Waals surface area contributed by atoms with E-state index in [2.05, 4.69) is 15.3 Å². The zero-order valence-electron chi connectivity index (χ0n) is 23.4. The highest BCUT2D eigenvalue weighted by molar-refractivity contribution is 7.86. The minimum atomic E-state index is -5.24. The number of halogens is 3. The quantitative estimate of drug-likeness (QED) is 0.0788. The highest BCUT2D eigenvalue weighted by Gasteiger charge is 2.37. The van der Waals surface area contributed by atoms with E-state index in [1.165, 1.54) is 37.4 Å². The van der Waals surface area contributed by atoms with E-state index in [1.54, 1.807) is 0 Å². The molecule has 0 aliphatic heterocycles. The topological polar surface area (TPSA) is 219 Å². The van der Waals surface area contributed by atoms with E-state index in [-0.39, 0.29) is 22.4 Å². The molecule has 0 fully saturated rings. The Morgan fingerprint density at radius 3 is 2.13 bits per heavy atom. The molecule has 1 aliphatic rings. The number of anilines is 4. The number of carbonyl (C=O) groups is 2. The van der Waals surface area contributed by atoms with Crippen LogP contribution in [0.4, 0.5) is 31.7 Å². The third-order valence-corrected chi connectivity index (χ3v) is 9.17. The average molecular weight is 696 g/mol.